The Morgan fingerprint density at radius 3 is 2.36 bits per heavy atom. The van der Waals surface area contributed by atoms with E-state index in [4.69, 9.17) is 0 Å². The van der Waals surface area contributed by atoms with Crippen molar-refractivity contribution in [1.82, 2.24) is 10.9 Å². The van der Waals surface area contributed by atoms with Crippen molar-refractivity contribution in [2.24, 2.45) is 4.99 Å². The number of nitrogens with zero attached hydrogens (tertiary/aromatic N) is 1. The Morgan fingerprint density at radius 2 is 1.77 bits per heavy atom. The van der Waals surface area contributed by atoms with Gasteiger partial charge in [0.2, 0.25) is 0 Å². The summed E-state index contributed by atoms with van der Waals surface area (Å²) in [5.41, 5.74) is 12.3. The number of ketones is 1. The van der Waals surface area contributed by atoms with Crippen molar-refractivity contribution >= 4 is 11.5 Å². The third kappa shape index (κ3) is 3.34. The van der Waals surface area contributed by atoms with Gasteiger partial charge in [0.05, 0.1) is 12.2 Å². The number of hydrogen-bond acceptors (Lipinski definition) is 4. The van der Waals surface area contributed by atoms with Gasteiger partial charge in [-0.05, 0) is 26.3 Å². The molecule has 0 aromatic heterocycles. The van der Waals surface area contributed by atoms with Crippen LogP contribution in [-0.4, -0.2) is 11.5 Å². The van der Waals surface area contributed by atoms with Crippen molar-refractivity contribution in [2.75, 3.05) is 0 Å². The van der Waals surface area contributed by atoms with E-state index >= 15 is 0 Å². The molecule has 0 spiro atoms. The van der Waals surface area contributed by atoms with E-state index in [0.717, 1.165) is 39.4 Å². The lowest BCUT2D eigenvalue weighted by atomic mass is 9.98. The van der Waals surface area contributed by atoms with Crippen LogP contribution in [0.5, 0.6) is 0 Å². The molecule has 0 aliphatic carbocycles. The van der Waals surface area contributed by atoms with E-state index in [0.29, 0.717) is 6.54 Å². The first-order valence-electron chi connectivity index (χ1n) is 7.13. The lowest BCUT2D eigenvalue weighted by Crippen LogP contribution is -2.36. The average molecular weight is 295 g/mol. The van der Waals surface area contributed by atoms with Gasteiger partial charge in [0.1, 0.15) is 0 Å². The van der Waals surface area contributed by atoms with Gasteiger partial charge in [0, 0.05) is 28.1 Å². The summed E-state index contributed by atoms with van der Waals surface area (Å²) in [4.78, 5) is 15.9. The topological polar surface area (TPSA) is 53.5 Å². The van der Waals surface area contributed by atoms with Gasteiger partial charge in [-0.15, -0.1) is 0 Å². The first-order chi connectivity index (χ1) is 10.4. The van der Waals surface area contributed by atoms with Gasteiger partial charge < -0.3 is 10.9 Å². The molecule has 1 aromatic carbocycles. The first-order valence-corrected chi connectivity index (χ1v) is 7.13. The summed E-state index contributed by atoms with van der Waals surface area (Å²) >= 11 is 0. The normalized spacial score (nSPS) is 15.5. The number of carbonyl (C=O) groups is 1. The zero-order chi connectivity index (χ0) is 16.3. The van der Waals surface area contributed by atoms with Gasteiger partial charge in [-0.25, -0.2) is 0 Å². The smallest absolute Gasteiger partial charge is 0.159 e. The van der Waals surface area contributed by atoms with Crippen LogP contribution in [0, 0.1) is 0 Å². The lowest BCUT2D eigenvalue weighted by molar-refractivity contribution is 0.101. The number of hydrazine groups is 1. The Kier molecular flexibility index (Phi) is 4.61. The van der Waals surface area contributed by atoms with Crippen LogP contribution in [0.2, 0.25) is 0 Å². The van der Waals surface area contributed by atoms with E-state index in [2.05, 4.69) is 29.0 Å². The van der Waals surface area contributed by atoms with E-state index < -0.39 is 0 Å². The fraction of sp³-hybridized carbons (Fsp3) is 0.222. The van der Waals surface area contributed by atoms with Crippen LogP contribution < -0.4 is 10.9 Å². The molecule has 0 bridgehead atoms. The molecule has 1 heterocycles. The van der Waals surface area contributed by atoms with E-state index in [1.165, 1.54) is 0 Å². The zero-order valence-electron chi connectivity index (χ0n) is 13.3. The summed E-state index contributed by atoms with van der Waals surface area (Å²) in [7, 11) is 0. The fourth-order valence-corrected chi connectivity index (χ4v) is 2.31. The van der Waals surface area contributed by atoms with Gasteiger partial charge in [-0.1, -0.05) is 37.4 Å². The van der Waals surface area contributed by atoms with Gasteiger partial charge in [0.25, 0.3) is 0 Å². The number of hydrogen-bond donors (Lipinski definition) is 2. The van der Waals surface area contributed by atoms with Crippen LogP contribution >= 0.6 is 0 Å². The standard InChI is InChI=1S/C18H21N3O/c1-11-12(2)20-21-14(4)18(11)13(3)19-10-16-6-8-17(9-7-16)15(5)22/h6-9,20-21H,1-2,10H2,3-5H3. The van der Waals surface area contributed by atoms with Crippen molar-refractivity contribution in [1.29, 1.82) is 0 Å². The monoisotopic (exact) mass is 295 g/mol. The molecule has 114 valence electrons. The molecular weight excluding hydrogens is 274 g/mol. The number of carbonyl (C=O) groups excluding carboxylic acids is 1. The maximum Gasteiger partial charge on any atom is 0.159 e. The lowest BCUT2D eigenvalue weighted by Gasteiger charge is -2.25. The Balaban J connectivity index is 2.17. The minimum absolute atomic E-state index is 0.0719. The number of aliphatic imine (C=N–C) groups is 1. The summed E-state index contributed by atoms with van der Waals surface area (Å²) in [6.45, 7) is 14.0. The predicted octanol–water partition coefficient (Wildman–Crippen LogP) is 3.30. The second-order valence-corrected chi connectivity index (χ2v) is 5.36. The molecule has 1 aliphatic heterocycles. The number of Topliss-reactive ketones (excluding diaryl/α,β-unsaturated/α-hetero) is 1. The molecule has 2 rings (SSSR count). The van der Waals surface area contributed by atoms with Crippen LogP contribution in [0.1, 0.15) is 36.7 Å². The Morgan fingerprint density at radius 1 is 1.14 bits per heavy atom. The van der Waals surface area contributed by atoms with Crippen LogP contribution in [0.4, 0.5) is 0 Å². The predicted molar refractivity (Wildman–Crippen MR) is 90.5 cm³/mol. The van der Waals surface area contributed by atoms with Crippen molar-refractivity contribution < 1.29 is 4.79 Å². The Hall–Kier alpha value is -2.62. The van der Waals surface area contributed by atoms with Crippen molar-refractivity contribution in [3.8, 4) is 0 Å². The Bertz CT molecular complexity index is 694. The molecule has 0 saturated carbocycles. The maximum atomic E-state index is 11.3. The van der Waals surface area contributed by atoms with Crippen LogP contribution in [-0.2, 0) is 6.54 Å². The molecule has 0 amide bonds. The molecular formula is C18H21N3O. The highest BCUT2D eigenvalue weighted by molar-refractivity contribution is 6.04. The van der Waals surface area contributed by atoms with Gasteiger partial charge >= 0.3 is 0 Å². The second-order valence-electron chi connectivity index (χ2n) is 5.36. The number of allylic oxidation sites excluding steroid dienone is 2. The number of benzene rings is 1. The Labute approximate surface area is 131 Å². The van der Waals surface area contributed by atoms with Crippen molar-refractivity contribution in [2.45, 2.75) is 27.3 Å². The number of nitrogens with one attached hydrogen (secondary N) is 2. The minimum atomic E-state index is 0.0719. The maximum absolute atomic E-state index is 11.3. The molecule has 2 N–H and O–H groups in total. The molecule has 4 heteroatoms. The van der Waals surface area contributed by atoms with Crippen LogP contribution in [0.25, 0.3) is 0 Å². The first kappa shape index (κ1) is 15.8. The molecule has 4 nitrogen and oxygen atoms in total. The third-order valence-electron chi connectivity index (χ3n) is 3.66. The fourth-order valence-electron chi connectivity index (χ4n) is 2.31. The van der Waals surface area contributed by atoms with E-state index in [1.54, 1.807) is 6.92 Å². The third-order valence-corrected chi connectivity index (χ3v) is 3.66. The van der Waals surface area contributed by atoms with Gasteiger partial charge in [0.15, 0.2) is 5.78 Å². The van der Waals surface area contributed by atoms with E-state index in [-0.39, 0.29) is 5.78 Å². The summed E-state index contributed by atoms with van der Waals surface area (Å²) < 4.78 is 0. The molecule has 0 fully saturated rings. The quantitative estimate of drug-likeness (QED) is 0.662. The average Bonchev–Trinajstić information content (AvgIpc) is 2.49. The van der Waals surface area contributed by atoms with Crippen molar-refractivity contribution in [3.63, 3.8) is 0 Å². The largest absolute Gasteiger partial charge is 0.305 e. The number of rotatable bonds is 4. The molecule has 0 radical (unpaired) electrons. The SMILES string of the molecule is C=C1NNC(C)=C(C(C)=NCc2ccc(C(C)=O)cc2)C1=C. The summed E-state index contributed by atoms with van der Waals surface area (Å²) in [6, 6.07) is 7.53. The molecule has 1 aromatic rings. The van der Waals surface area contributed by atoms with Gasteiger partial charge in [-0.2, -0.15) is 0 Å². The molecule has 22 heavy (non-hydrogen) atoms. The zero-order valence-corrected chi connectivity index (χ0v) is 13.3. The van der Waals surface area contributed by atoms with Crippen LogP contribution in [0.15, 0.2) is 65.0 Å². The van der Waals surface area contributed by atoms with Crippen molar-refractivity contribution in [3.05, 3.63) is 71.1 Å². The van der Waals surface area contributed by atoms with E-state index in [1.807, 2.05) is 38.1 Å². The molecule has 0 unspecified atom stereocenters. The molecule has 0 saturated heterocycles. The van der Waals surface area contributed by atoms with E-state index in [9.17, 15) is 4.79 Å². The summed E-state index contributed by atoms with van der Waals surface area (Å²) in [6.07, 6.45) is 0. The molecule has 1 aliphatic rings. The molecule has 0 atom stereocenters. The summed E-state index contributed by atoms with van der Waals surface area (Å²) in [5, 5.41) is 0. The highest BCUT2D eigenvalue weighted by Crippen LogP contribution is 2.22. The highest BCUT2D eigenvalue weighted by atomic mass is 16.1. The van der Waals surface area contributed by atoms with Gasteiger partial charge in [-0.3, -0.25) is 9.79 Å². The second kappa shape index (κ2) is 6.43. The highest BCUT2D eigenvalue weighted by Gasteiger charge is 2.17. The van der Waals surface area contributed by atoms with Crippen LogP contribution in [0.3, 0.4) is 0 Å². The minimum Gasteiger partial charge on any atom is -0.305 e. The summed E-state index contributed by atoms with van der Waals surface area (Å²) in [5.74, 6) is 0.0719.